The zero-order valence-corrected chi connectivity index (χ0v) is 9.91. The molecule has 2 rings (SSSR count). The summed E-state index contributed by atoms with van der Waals surface area (Å²) in [5.74, 6) is -0.861. The minimum absolute atomic E-state index is 0.00514. The van der Waals surface area contributed by atoms with Crippen molar-refractivity contribution >= 4 is 17.4 Å². The van der Waals surface area contributed by atoms with E-state index >= 15 is 0 Å². The van der Waals surface area contributed by atoms with Crippen LogP contribution in [0.25, 0.3) is 0 Å². The van der Waals surface area contributed by atoms with Gasteiger partial charge in [0.1, 0.15) is 11.5 Å². The summed E-state index contributed by atoms with van der Waals surface area (Å²) < 4.78 is 14.8. The number of hydrogen-bond donors (Lipinski definition) is 0. The molecule has 0 spiro atoms. The minimum Gasteiger partial charge on any atom is -0.287 e. The number of carbonyl (C=O) groups excluding carboxylic acids is 1. The Hall–Kier alpha value is -1.68. The molecule has 1 aromatic heterocycles. The van der Waals surface area contributed by atoms with E-state index in [4.69, 9.17) is 11.6 Å². The minimum atomic E-state index is -0.597. The fourth-order valence-corrected chi connectivity index (χ4v) is 1.68. The molecular weight excluding hydrogens is 243 g/mol. The summed E-state index contributed by atoms with van der Waals surface area (Å²) in [4.78, 5) is 12.1. The van der Waals surface area contributed by atoms with Crippen LogP contribution in [0.1, 0.15) is 23.0 Å². The number of rotatable bonds is 3. The number of halogens is 2. The zero-order valence-electron chi connectivity index (χ0n) is 9.15. The first-order valence-electron chi connectivity index (χ1n) is 5.15. The molecule has 2 aromatic rings. The van der Waals surface area contributed by atoms with Gasteiger partial charge in [0.15, 0.2) is 0 Å². The van der Waals surface area contributed by atoms with E-state index in [1.807, 2.05) is 6.92 Å². The molecule has 0 saturated carbocycles. The molecule has 5 heteroatoms. The van der Waals surface area contributed by atoms with Gasteiger partial charge in [-0.05, 0) is 31.2 Å². The molecular formula is C12H10ClFN2O. The predicted octanol–water partition coefficient (Wildman–Crippen LogP) is 2.93. The van der Waals surface area contributed by atoms with Crippen molar-refractivity contribution in [2.24, 2.45) is 0 Å². The van der Waals surface area contributed by atoms with Crippen LogP contribution in [0.4, 0.5) is 4.39 Å². The molecule has 0 fully saturated rings. The summed E-state index contributed by atoms with van der Waals surface area (Å²) in [7, 11) is 0. The lowest BCUT2D eigenvalue weighted by Crippen LogP contribution is -2.10. The highest BCUT2D eigenvalue weighted by atomic mass is 35.5. The fraction of sp³-hybridized carbons (Fsp3) is 0.167. The van der Waals surface area contributed by atoms with Crippen LogP contribution in [-0.2, 0) is 6.54 Å². The van der Waals surface area contributed by atoms with Crippen LogP contribution in [-0.4, -0.2) is 15.6 Å². The molecule has 0 aliphatic heterocycles. The number of nitrogens with zero attached hydrogens (tertiary/aromatic N) is 2. The summed E-state index contributed by atoms with van der Waals surface area (Å²) in [5, 5.41) is 4.00. The number of hydrogen-bond acceptors (Lipinski definition) is 2. The highest BCUT2D eigenvalue weighted by Crippen LogP contribution is 2.18. The smallest absolute Gasteiger partial charge is 0.211 e. The third-order valence-electron chi connectivity index (χ3n) is 2.43. The van der Waals surface area contributed by atoms with Gasteiger partial charge in [-0.3, -0.25) is 9.48 Å². The summed E-state index contributed by atoms with van der Waals surface area (Å²) in [6, 6.07) is 5.62. The van der Waals surface area contributed by atoms with Gasteiger partial charge in [-0.2, -0.15) is 5.10 Å². The van der Waals surface area contributed by atoms with Gasteiger partial charge >= 0.3 is 0 Å². The average molecular weight is 253 g/mol. The molecule has 88 valence electrons. The second-order valence-electron chi connectivity index (χ2n) is 3.49. The van der Waals surface area contributed by atoms with Crippen LogP contribution in [0.3, 0.4) is 0 Å². The lowest BCUT2D eigenvalue weighted by molar-refractivity contribution is 0.102. The summed E-state index contributed by atoms with van der Waals surface area (Å²) in [6.45, 7) is 2.47. The standard InChI is InChI=1S/C12H10ClFN2O/c1-2-16-11(5-6-15-16)12(17)8-3-4-9(13)10(14)7-8/h3-7H,2H2,1H3. The van der Waals surface area contributed by atoms with Crippen LogP contribution >= 0.6 is 11.6 Å². The molecule has 1 heterocycles. The summed E-state index contributed by atoms with van der Waals surface area (Å²) in [6.07, 6.45) is 1.54. The number of carbonyl (C=O) groups is 1. The Bertz CT molecular complexity index is 565. The average Bonchev–Trinajstić information content (AvgIpc) is 2.80. The van der Waals surface area contributed by atoms with E-state index < -0.39 is 5.82 Å². The molecule has 0 amide bonds. The van der Waals surface area contributed by atoms with E-state index in [1.165, 1.54) is 12.1 Å². The number of aromatic nitrogens is 2. The van der Waals surface area contributed by atoms with Gasteiger partial charge in [0.05, 0.1) is 5.02 Å². The third-order valence-corrected chi connectivity index (χ3v) is 2.74. The highest BCUT2D eigenvalue weighted by molar-refractivity contribution is 6.30. The first-order chi connectivity index (χ1) is 8.13. The van der Waals surface area contributed by atoms with Gasteiger partial charge in [0.2, 0.25) is 5.78 Å². The molecule has 3 nitrogen and oxygen atoms in total. The fourth-order valence-electron chi connectivity index (χ4n) is 1.56. The molecule has 17 heavy (non-hydrogen) atoms. The van der Waals surface area contributed by atoms with Crippen molar-refractivity contribution in [3.8, 4) is 0 Å². The van der Waals surface area contributed by atoms with Crippen molar-refractivity contribution in [3.05, 3.63) is 52.6 Å². The topological polar surface area (TPSA) is 34.9 Å². The first-order valence-corrected chi connectivity index (χ1v) is 5.53. The Morgan fingerprint density at radius 3 is 2.88 bits per heavy atom. The predicted molar refractivity (Wildman–Crippen MR) is 62.7 cm³/mol. The SMILES string of the molecule is CCn1nccc1C(=O)c1ccc(Cl)c(F)c1. The van der Waals surface area contributed by atoms with E-state index in [1.54, 1.807) is 16.9 Å². The van der Waals surface area contributed by atoms with E-state index in [-0.39, 0.29) is 16.4 Å². The molecule has 1 aromatic carbocycles. The Kier molecular flexibility index (Phi) is 3.24. The van der Waals surface area contributed by atoms with E-state index in [0.29, 0.717) is 12.2 Å². The van der Waals surface area contributed by atoms with Crippen LogP contribution in [0.5, 0.6) is 0 Å². The molecule has 0 N–H and O–H groups in total. The second kappa shape index (κ2) is 4.67. The number of aryl methyl sites for hydroxylation is 1. The van der Waals surface area contributed by atoms with Gasteiger partial charge in [0, 0.05) is 18.3 Å². The summed E-state index contributed by atoms with van der Waals surface area (Å²) >= 11 is 5.56. The first kappa shape index (κ1) is 11.8. The quantitative estimate of drug-likeness (QED) is 0.788. The van der Waals surface area contributed by atoms with Gasteiger partial charge in [-0.15, -0.1) is 0 Å². The maximum absolute atomic E-state index is 13.3. The third kappa shape index (κ3) is 2.22. The second-order valence-corrected chi connectivity index (χ2v) is 3.90. The number of ketones is 1. The lowest BCUT2D eigenvalue weighted by Gasteiger charge is -2.04. The monoisotopic (exact) mass is 252 g/mol. The highest BCUT2D eigenvalue weighted by Gasteiger charge is 2.15. The van der Waals surface area contributed by atoms with E-state index in [9.17, 15) is 9.18 Å². The zero-order chi connectivity index (χ0) is 12.4. The number of benzene rings is 1. The van der Waals surface area contributed by atoms with Crippen molar-refractivity contribution in [1.29, 1.82) is 0 Å². The van der Waals surface area contributed by atoms with Crippen molar-refractivity contribution in [2.45, 2.75) is 13.5 Å². The van der Waals surface area contributed by atoms with Crippen LogP contribution in [0.15, 0.2) is 30.5 Å². The molecule has 0 aliphatic rings. The van der Waals surface area contributed by atoms with E-state index in [2.05, 4.69) is 5.10 Å². The van der Waals surface area contributed by atoms with Gasteiger partial charge < -0.3 is 0 Å². The van der Waals surface area contributed by atoms with Gasteiger partial charge in [-0.25, -0.2) is 4.39 Å². The molecule has 0 bridgehead atoms. The van der Waals surface area contributed by atoms with Gasteiger partial charge in [-0.1, -0.05) is 11.6 Å². The van der Waals surface area contributed by atoms with Crippen LogP contribution in [0, 0.1) is 5.82 Å². The molecule has 0 unspecified atom stereocenters. The Morgan fingerprint density at radius 1 is 1.47 bits per heavy atom. The Morgan fingerprint density at radius 2 is 2.24 bits per heavy atom. The van der Waals surface area contributed by atoms with Gasteiger partial charge in [0.25, 0.3) is 0 Å². The largest absolute Gasteiger partial charge is 0.287 e. The molecule has 0 atom stereocenters. The molecule has 0 saturated heterocycles. The van der Waals surface area contributed by atoms with Crippen LogP contribution in [0.2, 0.25) is 5.02 Å². The van der Waals surface area contributed by atoms with Crippen molar-refractivity contribution in [3.63, 3.8) is 0 Å². The maximum Gasteiger partial charge on any atom is 0.211 e. The normalized spacial score (nSPS) is 10.5. The summed E-state index contributed by atoms with van der Waals surface area (Å²) in [5.41, 5.74) is 0.705. The van der Waals surface area contributed by atoms with Crippen molar-refractivity contribution in [2.75, 3.05) is 0 Å². The van der Waals surface area contributed by atoms with Crippen molar-refractivity contribution < 1.29 is 9.18 Å². The molecule has 0 aliphatic carbocycles. The Balaban J connectivity index is 2.40. The molecule has 0 radical (unpaired) electrons. The van der Waals surface area contributed by atoms with E-state index in [0.717, 1.165) is 6.07 Å². The lowest BCUT2D eigenvalue weighted by atomic mass is 10.1. The van der Waals surface area contributed by atoms with Crippen molar-refractivity contribution in [1.82, 2.24) is 9.78 Å². The van der Waals surface area contributed by atoms with Crippen LogP contribution < -0.4 is 0 Å². The Labute approximate surface area is 103 Å². The maximum atomic E-state index is 13.3.